The molecule has 0 bridgehead atoms. The van der Waals surface area contributed by atoms with Gasteiger partial charge in [0.15, 0.2) is 12.4 Å². The fraction of sp³-hybridized carbons (Fsp3) is 0.167. The summed E-state index contributed by atoms with van der Waals surface area (Å²) in [5.74, 6) is 0.728. The van der Waals surface area contributed by atoms with Crippen LogP contribution in [0.4, 0.5) is 4.79 Å². The van der Waals surface area contributed by atoms with Crippen LogP contribution in [0.5, 0.6) is 0 Å². The average molecular weight is 155 g/mol. The van der Waals surface area contributed by atoms with Crippen LogP contribution in [0.15, 0.2) is 17.6 Å². The van der Waals surface area contributed by atoms with Crippen molar-refractivity contribution in [1.82, 2.24) is 0 Å². The van der Waals surface area contributed by atoms with E-state index in [0.29, 0.717) is 0 Å². The van der Waals surface area contributed by atoms with E-state index < -0.39 is 0 Å². The fourth-order valence-electron chi connectivity index (χ4n) is 0.510. The molecule has 1 aliphatic rings. The highest BCUT2D eigenvalue weighted by atomic mass is 32.2. The van der Waals surface area contributed by atoms with E-state index in [4.69, 9.17) is 0 Å². The van der Waals surface area contributed by atoms with Crippen LogP contribution in [0, 0.1) is 0 Å². The summed E-state index contributed by atoms with van der Waals surface area (Å²) in [6.45, 7) is 3.53. The molecule has 10 heavy (non-hydrogen) atoms. The molecule has 1 aliphatic heterocycles. The largest absolute Gasteiger partial charge is 0.551 e. The van der Waals surface area contributed by atoms with E-state index in [1.165, 1.54) is 22.1 Å². The Morgan fingerprint density at radius 1 is 1.90 bits per heavy atom. The van der Waals surface area contributed by atoms with Gasteiger partial charge in [0.05, 0.1) is 17.7 Å². The van der Waals surface area contributed by atoms with Gasteiger partial charge in [-0.05, 0) is 4.99 Å². The van der Waals surface area contributed by atoms with Gasteiger partial charge in [0.1, 0.15) is 0 Å². The van der Waals surface area contributed by atoms with E-state index in [2.05, 4.69) is 11.6 Å². The van der Waals surface area contributed by atoms with Crippen molar-refractivity contribution in [2.45, 2.75) is 0 Å². The van der Waals surface area contributed by atoms with E-state index in [1.807, 2.05) is 0 Å². The highest BCUT2D eigenvalue weighted by Crippen LogP contribution is 2.05. The summed E-state index contributed by atoms with van der Waals surface area (Å²) in [4.78, 5) is 14.2. The summed E-state index contributed by atoms with van der Waals surface area (Å²) in [6, 6.07) is -0.216. The van der Waals surface area contributed by atoms with E-state index in [1.54, 1.807) is 12.3 Å². The third-order valence-electron chi connectivity index (χ3n) is 0.907. The number of aliphatic imine (C=N–C) groups is 1. The molecule has 0 saturated carbocycles. The van der Waals surface area contributed by atoms with Gasteiger partial charge in [0.25, 0.3) is 0 Å². The monoisotopic (exact) mass is 155 g/mol. The van der Waals surface area contributed by atoms with E-state index in [-0.39, 0.29) is 6.03 Å². The van der Waals surface area contributed by atoms with Gasteiger partial charge < -0.3 is 0 Å². The lowest BCUT2D eigenvalue weighted by Gasteiger charge is -1.87. The van der Waals surface area contributed by atoms with Crippen LogP contribution in [0.1, 0.15) is 0 Å². The molecule has 52 valence electrons. The summed E-state index contributed by atoms with van der Waals surface area (Å²) in [5, 5.41) is 0. The molecule has 0 atom stereocenters. The molecule has 2 amide bonds. The van der Waals surface area contributed by atoms with E-state index >= 15 is 0 Å². The van der Waals surface area contributed by atoms with Gasteiger partial charge in [-0.25, -0.2) is 0 Å². The number of nitrogens with zero attached hydrogens (tertiary/aromatic N) is 2. The number of urea groups is 1. The van der Waals surface area contributed by atoms with Crippen molar-refractivity contribution in [3.05, 3.63) is 12.7 Å². The standard InChI is InChI=1S/C6H7N2OS/c1-2-5-10-8-4-3-7-6(8)9/h2-4H,1,5H2/q+1. The smallest absolute Gasteiger partial charge is 0.192 e. The van der Waals surface area contributed by atoms with Gasteiger partial charge in [-0.2, -0.15) is 4.79 Å². The molecular weight excluding hydrogens is 148 g/mol. The van der Waals surface area contributed by atoms with Gasteiger partial charge >= 0.3 is 6.03 Å². The summed E-state index contributed by atoms with van der Waals surface area (Å²) in [6.07, 6.45) is 4.86. The van der Waals surface area contributed by atoms with Crippen molar-refractivity contribution in [3.63, 3.8) is 0 Å². The zero-order chi connectivity index (χ0) is 7.40. The second kappa shape index (κ2) is 3.31. The number of rotatable bonds is 3. The molecular formula is C6H7N2OS+. The third kappa shape index (κ3) is 1.54. The molecule has 0 aromatic carbocycles. The zero-order valence-electron chi connectivity index (χ0n) is 5.36. The van der Waals surface area contributed by atoms with Crippen molar-refractivity contribution >= 4 is 30.4 Å². The van der Waals surface area contributed by atoms with Crippen LogP contribution in [-0.4, -0.2) is 28.2 Å². The van der Waals surface area contributed by atoms with Crippen LogP contribution in [0.3, 0.4) is 0 Å². The van der Waals surface area contributed by atoms with Gasteiger partial charge in [0.2, 0.25) is 0 Å². The first-order chi connectivity index (χ1) is 4.84. The summed E-state index contributed by atoms with van der Waals surface area (Å²) in [7, 11) is 0. The van der Waals surface area contributed by atoms with E-state index in [0.717, 1.165) is 5.75 Å². The maximum absolute atomic E-state index is 10.7. The molecule has 0 radical (unpaired) electrons. The maximum Gasteiger partial charge on any atom is 0.551 e. The van der Waals surface area contributed by atoms with Crippen molar-refractivity contribution in [1.29, 1.82) is 0 Å². The summed E-state index contributed by atoms with van der Waals surface area (Å²) < 4.78 is 1.47. The number of amides is 2. The molecule has 0 saturated heterocycles. The third-order valence-corrected chi connectivity index (χ3v) is 1.85. The van der Waals surface area contributed by atoms with Crippen LogP contribution in [0.25, 0.3) is 0 Å². The molecule has 3 nitrogen and oxygen atoms in total. The number of hydrogen-bond donors (Lipinski definition) is 0. The summed E-state index contributed by atoms with van der Waals surface area (Å²) >= 11 is 1.38. The Balaban J connectivity index is 2.44. The Hall–Kier alpha value is -0.900. The van der Waals surface area contributed by atoms with Crippen LogP contribution >= 0.6 is 11.9 Å². The second-order valence-electron chi connectivity index (χ2n) is 1.62. The number of hydrogen-bond acceptors (Lipinski definition) is 2. The molecule has 1 heterocycles. The minimum atomic E-state index is -0.216. The molecule has 4 heteroatoms. The first-order valence-electron chi connectivity index (χ1n) is 2.79. The van der Waals surface area contributed by atoms with Gasteiger partial charge in [0, 0.05) is 0 Å². The lowest BCUT2D eigenvalue weighted by atomic mass is 10.8. The Morgan fingerprint density at radius 3 is 3.20 bits per heavy atom. The average Bonchev–Trinajstić information content (AvgIpc) is 2.31. The van der Waals surface area contributed by atoms with Crippen molar-refractivity contribution in [2.75, 3.05) is 5.75 Å². The topological polar surface area (TPSA) is 32.4 Å². The first-order valence-corrected chi connectivity index (χ1v) is 3.73. The zero-order valence-corrected chi connectivity index (χ0v) is 6.17. The molecule has 1 rings (SSSR count). The van der Waals surface area contributed by atoms with Crippen molar-refractivity contribution in [2.24, 2.45) is 4.99 Å². The van der Waals surface area contributed by atoms with Gasteiger partial charge in [-0.3, -0.25) is 0 Å². The van der Waals surface area contributed by atoms with Gasteiger partial charge in [-0.1, -0.05) is 6.08 Å². The van der Waals surface area contributed by atoms with Crippen LogP contribution < -0.4 is 0 Å². The molecule has 0 aromatic heterocycles. The second-order valence-corrected chi connectivity index (χ2v) is 2.60. The Labute approximate surface area is 63.3 Å². The predicted molar refractivity (Wildman–Crippen MR) is 42.9 cm³/mol. The quantitative estimate of drug-likeness (QED) is 0.347. The van der Waals surface area contributed by atoms with Crippen LogP contribution in [-0.2, 0) is 0 Å². The molecule has 0 aliphatic carbocycles. The predicted octanol–water partition coefficient (Wildman–Crippen LogP) is 1.11. The molecule has 0 unspecified atom stereocenters. The molecule has 0 N–H and O–H groups in total. The Morgan fingerprint density at radius 2 is 2.70 bits per heavy atom. The van der Waals surface area contributed by atoms with Crippen molar-refractivity contribution in [3.8, 4) is 0 Å². The van der Waals surface area contributed by atoms with Crippen LogP contribution in [0.2, 0.25) is 0 Å². The Kier molecular flexibility index (Phi) is 2.39. The normalized spacial score (nSPS) is 15.6. The SMILES string of the molecule is C=CCS[N+]1=CC=NC1=O. The van der Waals surface area contributed by atoms with Gasteiger partial charge in [-0.15, -0.1) is 10.6 Å². The number of carbonyl (C=O) groups is 1. The maximum atomic E-state index is 10.7. The highest BCUT2D eigenvalue weighted by molar-refractivity contribution is 7.93. The first kappa shape index (κ1) is 7.21. The Bertz CT molecular complexity index is 220. The number of carbonyl (C=O) groups excluding carboxylic acids is 1. The highest BCUT2D eigenvalue weighted by Gasteiger charge is 2.20. The van der Waals surface area contributed by atoms with Crippen molar-refractivity contribution < 1.29 is 8.78 Å². The minimum Gasteiger partial charge on any atom is -0.192 e. The fourth-order valence-corrected chi connectivity index (χ4v) is 1.07. The molecule has 0 spiro atoms. The molecule has 0 aromatic rings. The summed E-state index contributed by atoms with van der Waals surface area (Å²) in [5.41, 5.74) is 0. The molecule has 0 fully saturated rings. The van der Waals surface area contributed by atoms with E-state index in [9.17, 15) is 4.79 Å². The minimum absolute atomic E-state index is 0.216. The lowest BCUT2D eigenvalue weighted by molar-refractivity contribution is -0.218. The lowest BCUT2D eigenvalue weighted by Crippen LogP contribution is -2.04.